The van der Waals surface area contributed by atoms with Crippen molar-refractivity contribution >= 4 is 45.3 Å². The molecule has 0 radical (unpaired) electrons. The van der Waals surface area contributed by atoms with Gasteiger partial charge in [0.05, 0.1) is 18.6 Å². The lowest BCUT2D eigenvalue weighted by Gasteiger charge is -2.12. The van der Waals surface area contributed by atoms with E-state index in [1.807, 2.05) is 13.8 Å². The van der Waals surface area contributed by atoms with Crippen LogP contribution < -0.4 is 14.3 Å². The van der Waals surface area contributed by atoms with E-state index in [-0.39, 0.29) is 28.1 Å². The third-order valence-electron chi connectivity index (χ3n) is 4.01. The summed E-state index contributed by atoms with van der Waals surface area (Å²) in [6.45, 7) is 5.79. The van der Waals surface area contributed by atoms with E-state index in [0.717, 1.165) is 10.6 Å². The van der Waals surface area contributed by atoms with Crippen LogP contribution in [0.3, 0.4) is 0 Å². The van der Waals surface area contributed by atoms with E-state index in [0.29, 0.717) is 16.5 Å². The summed E-state index contributed by atoms with van der Waals surface area (Å²) in [6, 6.07) is 11.0. The Bertz CT molecular complexity index is 1240. The normalized spacial score (nSPS) is 11.5. The number of amides is 1. The summed E-state index contributed by atoms with van der Waals surface area (Å²) in [5, 5.41) is 12.6. The van der Waals surface area contributed by atoms with Gasteiger partial charge in [0.2, 0.25) is 0 Å². The van der Waals surface area contributed by atoms with Crippen molar-refractivity contribution in [2.75, 3.05) is 12.4 Å². The van der Waals surface area contributed by atoms with Crippen LogP contribution in [0.4, 0.5) is 0 Å². The number of nitrogens with zero attached hydrogens (tertiary/aromatic N) is 3. The molecule has 0 unspecified atom stereocenters. The van der Waals surface area contributed by atoms with E-state index in [1.54, 1.807) is 31.2 Å². The van der Waals surface area contributed by atoms with Gasteiger partial charge in [-0.15, -0.1) is 10.2 Å². The second-order valence-corrected chi connectivity index (χ2v) is 10.6. The van der Waals surface area contributed by atoms with Crippen molar-refractivity contribution in [3.05, 3.63) is 58.6 Å². The third kappa shape index (κ3) is 7.27. The molecular formula is C21H22N4O5S3. The zero-order valence-corrected chi connectivity index (χ0v) is 20.6. The smallest absolute Gasteiger partial charge is 0.339 e. The first-order chi connectivity index (χ1) is 15.8. The highest BCUT2D eigenvalue weighted by molar-refractivity contribution is 8.01. The molecular weight excluding hydrogens is 484 g/mol. The quantitative estimate of drug-likeness (QED) is 0.192. The average molecular weight is 507 g/mol. The maximum absolute atomic E-state index is 12.6. The van der Waals surface area contributed by atoms with Gasteiger partial charge in [0, 0.05) is 0 Å². The van der Waals surface area contributed by atoms with E-state index in [1.165, 1.54) is 47.5 Å². The van der Waals surface area contributed by atoms with Crippen molar-refractivity contribution in [1.29, 1.82) is 0 Å². The number of nitrogens with one attached hydrogen (secondary N) is 1. The van der Waals surface area contributed by atoms with Gasteiger partial charge in [-0.05, 0) is 56.7 Å². The summed E-state index contributed by atoms with van der Waals surface area (Å²) in [5.74, 6) is 0.158. The summed E-state index contributed by atoms with van der Waals surface area (Å²) in [7, 11) is -4.02. The third-order valence-corrected chi connectivity index (χ3v) is 7.23. The average Bonchev–Trinajstić information content (AvgIpc) is 3.19. The lowest BCUT2D eigenvalue weighted by atomic mass is 10.2. The topological polar surface area (TPSA) is 120 Å². The first kappa shape index (κ1) is 24.7. The maximum atomic E-state index is 12.6. The highest BCUT2D eigenvalue weighted by Gasteiger charge is 2.19. The molecule has 0 saturated carbocycles. The summed E-state index contributed by atoms with van der Waals surface area (Å²) < 4.78 is 36.8. The number of ether oxygens (including phenoxy) is 1. The molecule has 0 aliphatic heterocycles. The predicted octanol–water partition coefficient (Wildman–Crippen LogP) is 3.56. The molecule has 9 nitrogen and oxygen atoms in total. The summed E-state index contributed by atoms with van der Waals surface area (Å²) in [6.07, 6.45) is 1.43. The minimum absolute atomic E-state index is 0.0467. The zero-order chi connectivity index (χ0) is 23.8. The zero-order valence-electron chi connectivity index (χ0n) is 18.1. The fraction of sp³-hybridized carbons (Fsp3) is 0.238. The van der Waals surface area contributed by atoms with E-state index in [4.69, 9.17) is 8.92 Å². The molecule has 1 N–H and O–H groups in total. The Kier molecular flexibility index (Phi) is 8.42. The highest BCUT2D eigenvalue weighted by Crippen LogP contribution is 2.31. The van der Waals surface area contributed by atoms with Crippen molar-refractivity contribution in [2.24, 2.45) is 5.10 Å². The molecule has 0 aliphatic carbocycles. The molecule has 0 aliphatic rings. The lowest BCUT2D eigenvalue weighted by Crippen LogP contribution is -2.19. The molecule has 0 spiro atoms. The fourth-order valence-electron chi connectivity index (χ4n) is 2.49. The molecule has 0 bridgehead atoms. The van der Waals surface area contributed by atoms with E-state index in [2.05, 4.69) is 20.7 Å². The minimum atomic E-state index is -4.02. The van der Waals surface area contributed by atoms with Crippen molar-refractivity contribution in [2.45, 2.75) is 30.0 Å². The van der Waals surface area contributed by atoms with Gasteiger partial charge < -0.3 is 8.92 Å². The molecule has 1 amide bonds. The number of rotatable bonds is 10. The predicted molar refractivity (Wildman–Crippen MR) is 128 cm³/mol. The van der Waals surface area contributed by atoms with Crippen molar-refractivity contribution in [3.8, 4) is 11.5 Å². The second-order valence-electron chi connectivity index (χ2n) is 6.66. The van der Waals surface area contributed by atoms with Crippen LogP contribution >= 0.6 is 23.1 Å². The van der Waals surface area contributed by atoms with Crippen molar-refractivity contribution in [3.63, 3.8) is 0 Å². The van der Waals surface area contributed by atoms with Crippen LogP contribution in [0.2, 0.25) is 0 Å². The number of aromatic nitrogens is 2. The molecule has 1 aromatic heterocycles. The molecule has 3 aromatic rings. The summed E-state index contributed by atoms with van der Waals surface area (Å²) in [4.78, 5) is 12.0. The minimum Gasteiger partial charge on any atom is -0.490 e. The van der Waals surface area contributed by atoms with Crippen molar-refractivity contribution < 1.29 is 22.1 Å². The molecule has 3 rings (SSSR count). The number of hydrogen-bond donors (Lipinski definition) is 1. The van der Waals surface area contributed by atoms with Gasteiger partial charge in [0.25, 0.3) is 5.91 Å². The lowest BCUT2D eigenvalue weighted by molar-refractivity contribution is -0.118. The van der Waals surface area contributed by atoms with Gasteiger partial charge >= 0.3 is 10.1 Å². The summed E-state index contributed by atoms with van der Waals surface area (Å²) in [5.41, 5.74) is 3.96. The van der Waals surface area contributed by atoms with E-state index < -0.39 is 10.1 Å². The molecule has 2 aromatic carbocycles. The number of carbonyl (C=O) groups excluding carboxylic acids is 1. The monoisotopic (exact) mass is 506 g/mol. The molecule has 174 valence electrons. The molecule has 0 atom stereocenters. The van der Waals surface area contributed by atoms with Gasteiger partial charge in [-0.2, -0.15) is 13.5 Å². The van der Waals surface area contributed by atoms with Crippen LogP contribution in [0.5, 0.6) is 11.5 Å². The number of aryl methyl sites for hydroxylation is 2. The Hall–Kier alpha value is -2.96. The highest BCUT2D eigenvalue weighted by atomic mass is 32.2. The van der Waals surface area contributed by atoms with Crippen LogP contribution in [0.25, 0.3) is 0 Å². The largest absolute Gasteiger partial charge is 0.490 e. The number of thioether (sulfide) groups is 1. The van der Waals surface area contributed by atoms with Crippen LogP contribution in [0.15, 0.2) is 56.8 Å². The van der Waals surface area contributed by atoms with E-state index >= 15 is 0 Å². The maximum Gasteiger partial charge on any atom is 0.339 e. The number of benzene rings is 2. The first-order valence-electron chi connectivity index (χ1n) is 9.79. The Labute approximate surface area is 200 Å². The van der Waals surface area contributed by atoms with Crippen LogP contribution in [-0.4, -0.2) is 43.1 Å². The van der Waals surface area contributed by atoms with Crippen LogP contribution in [0, 0.1) is 13.8 Å². The van der Waals surface area contributed by atoms with Gasteiger partial charge in [0.15, 0.2) is 15.8 Å². The van der Waals surface area contributed by atoms with Gasteiger partial charge in [-0.1, -0.05) is 40.8 Å². The van der Waals surface area contributed by atoms with Crippen molar-refractivity contribution in [1.82, 2.24) is 15.6 Å². The Morgan fingerprint density at radius 3 is 2.58 bits per heavy atom. The van der Waals surface area contributed by atoms with E-state index in [9.17, 15) is 13.2 Å². The summed E-state index contributed by atoms with van der Waals surface area (Å²) >= 11 is 2.69. The molecule has 0 saturated heterocycles. The molecule has 33 heavy (non-hydrogen) atoms. The fourth-order valence-corrected chi connectivity index (χ4v) is 5.04. The molecule has 1 heterocycles. The standard InChI is InChI=1S/C21H22N4O5S3/c1-4-29-19-11-16(12-22-24-20(26)13-31-21-25-23-15(3)32-21)7-10-18(19)30-33(27,28)17-8-5-14(2)6-9-17/h5-12H,4,13H2,1-3H3,(H,24,26)/b22-12-. The first-order valence-corrected chi connectivity index (χ1v) is 13.0. The molecule has 12 heteroatoms. The van der Waals surface area contributed by atoms with Gasteiger partial charge in [-0.25, -0.2) is 5.43 Å². The molecule has 0 fully saturated rings. The number of carbonyl (C=O) groups is 1. The van der Waals surface area contributed by atoms with Gasteiger partial charge in [0.1, 0.15) is 9.90 Å². The second kappa shape index (κ2) is 11.3. The SMILES string of the molecule is CCOc1cc(/C=N\NC(=O)CSc2nnc(C)s2)ccc1OS(=O)(=O)c1ccc(C)cc1. The van der Waals surface area contributed by atoms with Crippen LogP contribution in [0.1, 0.15) is 23.1 Å². The Balaban J connectivity index is 1.65. The van der Waals surface area contributed by atoms with Crippen LogP contribution in [-0.2, 0) is 14.9 Å². The Morgan fingerprint density at radius 1 is 1.15 bits per heavy atom. The Morgan fingerprint density at radius 2 is 1.91 bits per heavy atom. The number of hydrogen-bond acceptors (Lipinski definition) is 10. The number of hydrazone groups is 1. The van der Waals surface area contributed by atoms with Gasteiger partial charge in [-0.3, -0.25) is 4.79 Å².